The van der Waals surface area contributed by atoms with Gasteiger partial charge in [0.15, 0.2) is 29.1 Å². The van der Waals surface area contributed by atoms with E-state index in [1.807, 2.05) is 39.0 Å². The van der Waals surface area contributed by atoms with Gasteiger partial charge in [-0.25, -0.2) is 47.9 Å². The Balaban J connectivity index is 0.000000172. The minimum absolute atomic E-state index is 0.00126. The normalized spacial score (nSPS) is 14.1. The van der Waals surface area contributed by atoms with Crippen molar-refractivity contribution in [2.75, 3.05) is 13.2 Å². The molecule has 145 heavy (non-hydrogen) atoms. The van der Waals surface area contributed by atoms with Gasteiger partial charge in [0, 0.05) is 77.1 Å². The first-order valence-corrected chi connectivity index (χ1v) is 47.5. The number of nitrogens with one attached hydrogen (secondary N) is 4. The molecule has 0 amide bonds. The standard InChI is InChI=1S/C27H27ClF3N3O3.C27H28ClF2N3O3.C26H22ClF6N3O3.C24H23ClF3N3O2/c1-15(17-6-7-17)37-19-10-8-18(9-11-19)23-32-24(34-25(36)33-23)20-14-16(4-12-21(20)28)5-13-22(35)26(2,3)27(29,30)31;1-16(2)15-36-19-8-6-18(7-9-19)23-31-24(33-25(35)32-23)20-14-17(4-10-21(20)28)5-11-22(34)27(12-13-27)26(3,29)30;1-24(25(28,29)30,26(31,32)33)20(37)11-5-14-4-10-19(27)18(12-14)22-34-21(35-23(38)36-22)16-6-8-17(9-7-16)39-13-15-2-3-15;1-13-5-8-16(11-14(13)2)20-29-21(31-22(33)30-20)17-12-15(6-9-18(17)25)7-10-19(32)23(3,4)24(26,27)28/h4,8-12,14-15,17H,5-7,13H2,1-3H3,(H,32,33,34,36);4,6-10,14,16H,5,11-13,15H2,1-3H3,(H,31,32,33,35);4,6-10,12,15H,2-3,5,11,13H2,1H3,(H,34,35,36,38);5-6,8-9,11-12H,7,10H2,1-4H3,(H,29,30,31,33)/t15-;;;/m0.../s1. The van der Waals surface area contributed by atoms with Crippen LogP contribution in [-0.4, -0.2) is 133 Å². The summed E-state index contributed by atoms with van der Waals surface area (Å²) >= 11 is 25.3. The van der Waals surface area contributed by atoms with Crippen LogP contribution in [0, 0.1) is 53.3 Å². The highest BCUT2D eigenvalue weighted by atomic mass is 35.5. The van der Waals surface area contributed by atoms with Crippen LogP contribution in [0.3, 0.4) is 0 Å². The SMILES string of the molecule is CC(C(=O)CCc1ccc(Cl)c(-c2nc(-c3ccc(OCC4CC4)cc3)nc(=O)[nH]2)c1)(C(F)(F)F)C(F)(F)F.CC(C)COc1ccc(-c2nc(-c3cc(CCC(=O)C4(C(C)(F)F)CC4)ccc3Cl)[nH]c(=O)n2)cc1.C[C@H](Oc1ccc(-c2nc(-c3cc(CCC(=O)C(C)(C)C(F)(F)F)ccc3Cl)[nH]c(=O)n2)cc1)C1CC1.Cc1ccc(-c2nc(-c3cc(CCC(=O)C(C)(C)C(F)(F)F)ccc3Cl)[nH]c(=O)n2)cc1C. The summed E-state index contributed by atoms with van der Waals surface area (Å²) in [5.74, 6) is -2.42. The maximum Gasteiger partial charge on any atom is 0.409 e. The second-order valence-electron chi connectivity index (χ2n) is 37.6. The molecule has 768 valence electrons. The van der Waals surface area contributed by atoms with Gasteiger partial charge in [0.05, 0.1) is 44.8 Å². The van der Waals surface area contributed by atoms with E-state index in [1.165, 1.54) is 31.0 Å². The third-order valence-corrected chi connectivity index (χ3v) is 26.7. The molecule has 4 heterocycles. The second-order valence-corrected chi connectivity index (χ2v) is 39.2. The summed E-state index contributed by atoms with van der Waals surface area (Å²) in [5.41, 5.74) is -5.49. The number of Topliss-reactive ketones (excluding diaryl/α,β-unsaturated/α-hetero) is 4. The maximum atomic E-state index is 13.9. The molecular weight excluding hydrogens is 2000 g/mol. The Hall–Kier alpha value is -12.7. The molecule has 3 fully saturated rings. The topological polar surface area (TPSA) is 331 Å². The van der Waals surface area contributed by atoms with Crippen molar-refractivity contribution in [3.8, 4) is 108 Å². The van der Waals surface area contributed by atoms with Crippen LogP contribution in [0.25, 0.3) is 91.1 Å². The molecule has 1 atom stereocenters. The monoisotopic (exact) mass is 2100 g/mol. The van der Waals surface area contributed by atoms with Gasteiger partial charge in [0.25, 0.3) is 5.92 Å². The third-order valence-electron chi connectivity index (χ3n) is 25.4. The molecule has 3 saturated carbocycles. The average molecular weight is 2100 g/mol. The van der Waals surface area contributed by atoms with E-state index < -0.39 is 111 Å². The number of aromatic amines is 4. The van der Waals surface area contributed by atoms with Crippen LogP contribution < -0.4 is 37.0 Å². The molecule has 0 aliphatic heterocycles. The first-order valence-electron chi connectivity index (χ1n) is 46.0. The zero-order valence-corrected chi connectivity index (χ0v) is 83.1. The van der Waals surface area contributed by atoms with E-state index in [0.29, 0.717) is 108 Å². The summed E-state index contributed by atoms with van der Waals surface area (Å²) in [5, 5.41) is 1.02. The number of carbonyl (C=O) groups excluding carboxylic acids is 4. The Morgan fingerprint density at radius 2 is 0.697 bits per heavy atom. The number of aromatic nitrogens is 12. The van der Waals surface area contributed by atoms with Gasteiger partial charge in [-0.05, 0) is 298 Å². The van der Waals surface area contributed by atoms with E-state index in [2.05, 4.69) is 73.7 Å². The highest BCUT2D eigenvalue weighted by Gasteiger charge is 2.71. The number of rotatable bonds is 34. The Kier molecular flexibility index (Phi) is 34.5. The number of aryl methyl sites for hydroxylation is 6. The van der Waals surface area contributed by atoms with Crippen LogP contribution >= 0.6 is 46.4 Å². The molecule has 15 rings (SSSR count). The molecule has 0 radical (unpaired) electrons. The number of hydrogen-bond acceptors (Lipinski definition) is 19. The summed E-state index contributed by atoms with van der Waals surface area (Å²) in [6.45, 7) is 15.4. The van der Waals surface area contributed by atoms with Crippen molar-refractivity contribution in [1.82, 2.24) is 59.8 Å². The van der Waals surface area contributed by atoms with Gasteiger partial charge in [0.1, 0.15) is 68.7 Å². The first-order chi connectivity index (χ1) is 67.8. The minimum Gasteiger partial charge on any atom is -0.493 e. The Bertz CT molecular complexity index is 6980. The maximum absolute atomic E-state index is 13.9. The van der Waals surface area contributed by atoms with E-state index in [4.69, 9.17) is 60.6 Å². The summed E-state index contributed by atoms with van der Waals surface area (Å²) in [6.07, 6.45) is -17.3. The molecule has 0 bridgehead atoms. The quantitative estimate of drug-likeness (QED) is 0.0272. The molecule has 41 heteroatoms. The van der Waals surface area contributed by atoms with Gasteiger partial charge >= 0.3 is 47.5 Å². The van der Waals surface area contributed by atoms with Crippen molar-refractivity contribution < 1.29 is 94.9 Å². The summed E-state index contributed by atoms with van der Waals surface area (Å²) in [4.78, 5) is 142. The first kappa shape index (κ1) is 111. The Labute approximate surface area is 842 Å². The molecule has 12 aromatic rings. The molecule has 0 unspecified atom stereocenters. The Morgan fingerprint density at radius 3 is 1.00 bits per heavy atom. The van der Waals surface area contributed by atoms with Gasteiger partial charge in [-0.15, -0.1) is 0 Å². The van der Waals surface area contributed by atoms with Crippen LogP contribution in [0.15, 0.2) is 183 Å². The predicted molar refractivity (Wildman–Crippen MR) is 520 cm³/mol. The molecule has 0 spiro atoms. The highest BCUT2D eigenvalue weighted by molar-refractivity contribution is 6.34. The van der Waals surface area contributed by atoms with Crippen LogP contribution in [0.4, 0.5) is 61.5 Å². The molecule has 4 N–H and O–H groups in total. The van der Waals surface area contributed by atoms with Crippen molar-refractivity contribution in [2.24, 2.45) is 39.4 Å². The van der Waals surface area contributed by atoms with E-state index in [9.17, 15) is 99.8 Å². The van der Waals surface area contributed by atoms with Gasteiger partial charge in [-0.1, -0.05) is 96.6 Å². The number of ether oxygens (including phenoxy) is 3. The molecule has 0 saturated heterocycles. The van der Waals surface area contributed by atoms with Crippen molar-refractivity contribution in [2.45, 2.75) is 203 Å². The Morgan fingerprint density at radius 1 is 0.379 bits per heavy atom. The lowest BCUT2D eigenvalue weighted by Gasteiger charge is -2.32. The summed E-state index contributed by atoms with van der Waals surface area (Å²) < 4.78 is 203. The van der Waals surface area contributed by atoms with Gasteiger partial charge in [-0.3, -0.25) is 39.1 Å². The van der Waals surface area contributed by atoms with Crippen LogP contribution in [0.5, 0.6) is 17.2 Å². The molecule has 3 aliphatic carbocycles. The lowest BCUT2D eigenvalue weighted by molar-refractivity contribution is -0.318. The highest BCUT2D eigenvalue weighted by Crippen LogP contribution is 2.58. The molecule has 4 aromatic heterocycles. The second kappa shape index (κ2) is 45.1. The average Bonchev–Trinajstić information content (AvgIpc) is 1.28. The fourth-order valence-electron chi connectivity index (χ4n) is 14.8. The zero-order chi connectivity index (χ0) is 106. The number of benzene rings is 8. The van der Waals surface area contributed by atoms with Crippen LogP contribution in [0.2, 0.25) is 20.1 Å². The number of H-pyrrole nitrogens is 4. The minimum atomic E-state index is -5.81. The largest absolute Gasteiger partial charge is 0.493 e. The zero-order valence-electron chi connectivity index (χ0n) is 80.1. The fraction of sp³-hybridized carbons (Fsp3) is 0.385. The smallest absolute Gasteiger partial charge is 0.409 e. The predicted octanol–water partition coefficient (Wildman–Crippen LogP) is 25.0. The van der Waals surface area contributed by atoms with Crippen molar-refractivity contribution in [3.05, 3.63) is 259 Å². The van der Waals surface area contributed by atoms with E-state index in [-0.39, 0.29) is 132 Å². The van der Waals surface area contributed by atoms with Crippen molar-refractivity contribution >= 4 is 69.5 Å². The third kappa shape index (κ3) is 27.9. The lowest BCUT2D eigenvalue weighted by atomic mass is 9.81. The van der Waals surface area contributed by atoms with E-state index in [0.717, 1.165) is 64.2 Å². The number of alkyl halides is 14. The van der Waals surface area contributed by atoms with E-state index in [1.54, 1.807) is 127 Å². The number of hydrogen-bond donors (Lipinski definition) is 4. The van der Waals surface area contributed by atoms with E-state index >= 15 is 0 Å². The van der Waals surface area contributed by atoms with Crippen LogP contribution in [0.1, 0.15) is 160 Å². The molecule has 23 nitrogen and oxygen atoms in total. The lowest BCUT2D eigenvalue weighted by Crippen LogP contribution is -2.53. The van der Waals surface area contributed by atoms with Crippen molar-refractivity contribution in [1.29, 1.82) is 0 Å². The fourth-order valence-corrected chi connectivity index (χ4v) is 15.7. The van der Waals surface area contributed by atoms with Crippen LogP contribution in [-0.2, 0) is 44.9 Å². The number of ketones is 4. The van der Waals surface area contributed by atoms with Crippen molar-refractivity contribution in [3.63, 3.8) is 0 Å². The number of halogens is 18. The van der Waals surface area contributed by atoms with Gasteiger partial charge < -0.3 is 14.2 Å². The van der Waals surface area contributed by atoms with Gasteiger partial charge in [0.2, 0.25) is 5.41 Å². The molecule has 3 aliphatic rings. The molecular formula is C104H100Cl4F14N12O11. The number of nitrogens with zero attached hydrogens (tertiary/aromatic N) is 8. The molecule has 8 aromatic carbocycles. The summed E-state index contributed by atoms with van der Waals surface area (Å²) in [7, 11) is 0. The van der Waals surface area contributed by atoms with Gasteiger partial charge in [-0.2, -0.15) is 72.6 Å². The number of carbonyl (C=O) groups is 4. The summed E-state index contributed by atoms with van der Waals surface area (Å²) in [6, 6.07) is 45.3.